The first-order valence-corrected chi connectivity index (χ1v) is 5.93. The molecule has 0 atom stereocenters. The van der Waals surface area contributed by atoms with E-state index in [-0.39, 0.29) is 17.7 Å². The Hall–Kier alpha value is -1.92. The average Bonchev–Trinajstić information content (AvgIpc) is 2.23. The molecule has 1 heterocycles. The van der Waals surface area contributed by atoms with Crippen LogP contribution in [0.4, 0.5) is 17.5 Å². The number of hydrogen-bond acceptors (Lipinski definition) is 6. The fraction of sp³-hybridized carbons (Fsp3) is 0.636. The lowest BCUT2D eigenvalue weighted by Crippen LogP contribution is -2.33. The summed E-state index contributed by atoms with van der Waals surface area (Å²) in [6, 6.07) is 0.109. The number of nitro groups is 1. The summed E-state index contributed by atoms with van der Waals surface area (Å²) in [5.41, 5.74) is 5.82. The summed E-state index contributed by atoms with van der Waals surface area (Å²) < 4.78 is 0. The highest BCUT2D eigenvalue weighted by Crippen LogP contribution is 2.30. The minimum absolute atomic E-state index is 0.0636. The molecule has 0 aliphatic rings. The van der Waals surface area contributed by atoms with E-state index in [0.29, 0.717) is 18.1 Å². The smallest absolute Gasteiger partial charge is 0.332 e. The van der Waals surface area contributed by atoms with Gasteiger partial charge in [0, 0.05) is 12.6 Å². The number of rotatable bonds is 5. The third kappa shape index (κ3) is 2.85. The van der Waals surface area contributed by atoms with Crippen LogP contribution in [0.15, 0.2) is 0 Å². The lowest BCUT2D eigenvalue weighted by molar-refractivity contribution is -0.385. The van der Waals surface area contributed by atoms with Crippen molar-refractivity contribution in [2.24, 2.45) is 0 Å². The topological polar surface area (TPSA) is 98.2 Å². The first-order chi connectivity index (χ1) is 8.38. The zero-order valence-corrected chi connectivity index (χ0v) is 11.2. The van der Waals surface area contributed by atoms with Gasteiger partial charge in [-0.3, -0.25) is 10.1 Å². The zero-order chi connectivity index (χ0) is 13.9. The molecule has 0 saturated carbocycles. The number of nitrogen functional groups attached to an aromatic ring is 1. The molecule has 0 unspecified atom stereocenters. The normalized spacial score (nSPS) is 10.7. The van der Waals surface area contributed by atoms with Gasteiger partial charge in [0.05, 0.1) is 4.92 Å². The van der Waals surface area contributed by atoms with Gasteiger partial charge in [0.25, 0.3) is 0 Å². The van der Waals surface area contributed by atoms with E-state index >= 15 is 0 Å². The highest BCUT2D eigenvalue weighted by molar-refractivity contribution is 5.62. The second-order valence-corrected chi connectivity index (χ2v) is 4.38. The zero-order valence-electron chi connectivity index (χ0n) is 11.2. The minimum Gasteiger partial charge on any atom is -0.368 e. The third-order valence-corrected chi connectivity index (χ3v) is 2.60. The molecule has 0 fully saturated rings. The Morgan fingerprint density at radius 1 is 1.44 bits per heavy atom. The maximum atomic E-state index is 11.1. The third-order valence-electron chi connectivity index (χ3n) is 2.60. The van der Waals surface area contributed by atoms with Gasteiger partial charge in [-0.2, -0.15) is 4.98 Å². The maximum absolute atomic E-state index is 11.1. The summed E-state index contributed by atoms with van der Waals surface area (Å²) >= 11 is 0. The summed E-state index contributed by atoms with van der Waals surface area (Å²) in [6.45, 7) is 8.21. The van der Waals surface area contributed by atoms with E-state index in [2.05, 4.69) is 9.97 Å². The number of anilines is 2. The summed E-state index contributed by atoms with van der Waals surface area (Å²) in [5, 5.41) is 11.1. The Balaban J connectivity index is 3.39. The minimum atomic E-state index is -0.449. The standard InChI is InChI=1S/C11H19N5O2/c1-5-6-15(7(2)3)10-9(16(17)18)8(4)13-11(12)14-10/h7H,5-6H2,1-4H3,(H2,12,13,14). The van der Waals surface area contributed by atoms with Gasteiger partial charge >= 0.3 is 5.69 Å². The average molecular weight is 253 g/mol. The number of aromatic nitrogens is 2. The monoisotopic (exact) mass is 253 g/mol. The molecule has 0 saturated heterocycles. The quantitative estimate of drug-likeness (QED) is 0.635. The van der Waals surface area contributed by atoms with Crippen LogP contribution in [0, 0.1) is 17.0 Å². The van der Waals surface area contributed by atoms with E-state index in [9.17, 15) is 10.1 Å². The molecule has 1 rings (SSSR count). The lowest BCUT2D eigenvalue weighted by Gasteiger charge is -2.27. The summed E-state index contributed by atoms with van der Waals surface area (Å²) in [7, 11) is 0. The molecule has 1 aromatic rings. The second kappa shape index (κ2) is 5.61. The molecular weight excluding hydrogens is 234 g/mol. The van der Waals surface area contributed by atoms with Crippen molar-refractivity contribution < 1.29 is 4.92 Å². The Kier molecular flexibility index (Phi) is 4.41. The predicted molar refractivity (Wildman–Crippen MR) is 70.6 cm³/mol. The second-order valence-electron chi connectivity index (χ2n) is 4.38. The fourth-order valence-corrected chi connectivity index (χ4v) is 1.84. The van der Waals surface area contributed by atoms with E-state index in [1.54, 1.807) is 6.92 Å². The molecule has 7 nitrogen and oxygen atoms in total. The van der Waals surface area contributed by atoms with Gasteiger partial charge < -0.3 is 10.6 Å². The summed E-state index contributed by atoms with van der Waals surface area (Å²) in [5.74, 6) is 0.372. The van der Waals surface area contributed by atoms with Crippen LogP contribution >= 0.6 is 0 Å². The Labute approximate surface area is 106 Å². The van der Waals surface area contributed by atoms with Crippen molar-refractivity contribution in [3.05, 3.63) is 15.8 Å². The first-order valence-electron chi connectivity index (χ1n) is 5.93. The molecule has 0 amide bonds. The molecule has 0 bridgehead atoms. The number of nitrogens with zero attached hydrogens (tertiary/aromatic N) is 4. The van der Waals surface area contributed by atoms with Crippen molar-refractivity contribution >= 4 is 17.5 Å². The Bertz CT molecular complexity index is 447. The fourth-order valence-electron chi connectivity index (χ4n) is 1.84. The van der Waals surface area contributed by atoms with Crippen molar-refractivity contribution in [1.29, 1.82) is 0 Å². The molecule has 7 heteroatoms. The molecule has 18 heavy (non-hydrogen) atoms. The largest absolute Gasteiger partial charge is 0.368 e. The highest BCUT2D eigenvalue weighted by Gasteiger charge is 2.26. The van der Waals surface area contributed by atoms with Crippen LogP contribution < -0.4 is 10.6 Å². The molecule has 0 aliphatic heterocycles. The van der Waals surface area contributed by atoms with Gasteiger partial charge in [0.2, 0.25) is 11.8 Å². The molecule has 100 valence electrons. The molecular formula is C11H19N5O2. The van der Waals surface area contributed by atoms with Gasteiger partial charge in [-0.1, -0.05) is 6.92 Å². The molecule has 1 aromatic heterocycles. The van der Waals surface area contributed by atoms with E-state index in [1.165, 1.54) is 0 Å². The van der Waals surface area contributed by atoms with Gasteiger partial charge in [-0.05, 0) is 27.2 Å². The van der Waals surface area contributed by atoms with Crippen molar-refractivity contribution in [2.45, 2.75) is 40.2 Å². The van der Waals surface area contributed by atoms with Crippen molar-refractivity contribution in [2.75, 3.05) is 17.2 Å². The van der Waals surface area contributed by atoms with E-state index in [0.717, 1.165) is 6.42 Å². The van der Waals surface area contributed by atoms with Crippen LogP contribution in [-0.4, -0.2) is 27.5 Å². The molecule has 0 radical (unpaired) electrons. The van der Waals surface area contributed by atoms with Crippen molar-refractivity contribution in [3.63, 3.8) is 0 Å². The van der Waals surface area contributed by atoms with Crippen LogP contribution in [0.1, 0.15) is 32.9 Å². The van der Waals surface area contributed by atoms with Crippen molar-refractivity contribution in [3.8, 4) is 0 Å². The van der Waals surface area contributed by atoms with E-state index in [1.807, 2.05) is 25.7 Å². The van der Waals surface area contributed by atoms with Crippen LogP contribution in [-0.2, 0) is 0 Å². The number of aryl methyl sites for hydroxylation is 1. The SMILES string of the molecule is CCCN(c1nc(N)nc(C)c1[N+](=O)[O-])C(C)C. The summed E-state index contributed by atoms with van der Waals surface area (Å²) in [4.78, 5) is 20.5. The highest BCUT2D eigenvalue weighted by atomic mass is 16.6. The molecule has 0 spiro atoms. The first kappa shape index (κ1) is 14.1. The molecule has 0 aromatic carbocycles. The van der Waals surface area contributed by atoms with E-state index < -0.39 is 4.92 Å². The van der Waals surface area contributed by atoms with E-state index in [4.69, 9.17) is 5.73 Å². The number of hydrogen-bond donors (Lipinski definition) is 1. The Morgan fingerprint density at radius 3 is 2.50 bits per heavy atom. The Morgan fingerprint density at radius 2 is 2.06 bits per heavy atom. The van der Waals surface area contributed by atoms with Crippen LogP contribution in [0.5, 0.6) is 0 Å². The molecule has 0 aliphatic carbocycles. The van der Waals surface area contributed by atoms with Gasteiger partial charge in [-0.15, -0.1) is 0 Å². The predicted octanol–water partition coefficient (Wildman–Crippen LogP) is 1.90. The van der Waals surface area contributed by atoms with Crippen LogP contribution in [0.2, 0.25) is 0 Å². The summed E-state index contributed by atoms with van der Waals surface area (Å²) in [6.07, 6.45) is 0.873. The van der Waals surface area contributed by atoms with Gasteiger partial charge in [0.15, 0.2) is 0 Å². The van der Waals surface area contributed by atoms with Crippen LogP contribution in [0.3, 0.4) is 0 Å². The van der Waals surface area contributed by atoms with Gasteiger partial charge in [0.1, 0.15) is 5.69 Å². The van der Waals surface area contributed by atoms with Crippen molar-refractivity contribution in [1.82, 2.24) is 9.97 Å². The number of nitrogens with two attached hydrogens (primary N) is 1. The molecule has 2 N–H and O–H groups in total. The maximum Gasteiger partial charge on any atom is 0.332 e. The lowest BCUT2D eigenvalue weighted by atomic mass is 10.2. The van der Waals surface area contributed by atoms with Crippen LogP contribution in [0.25, 0.3) is 0 Å². The van der Waals surface area contributed by atoms with Gasteiger partial charge in [-0.25, -0.2) is 4.98 Å².